The first-order valence-corrected chi connectivity index (χ1v) is 21.3. The van der Waals surface area contributed by atoms with Crippen LogP contribution in [-0.4, -0.2) is 94.7 Å². The van der Waals surface area contributed by atoms with E-state index in [2.05, 4.69) is 13.8 Å². The number of nitrogens with zero attached hydrogens (tertiary/aromatic N) is 1. The maximum absolute atomic E-state index is 12.8. The third kappa shape index (κ3) is 36.1. The highest BCUT2D eigenvalue weighted by Gasteiger charge is 2.29. The molecule has 0 saturated heterocycles. The first kappa shape index (κ1) is 51.1. The molecule has 0 N–H and O–H groups in total. The van der Waals surface area contributed by atoms with Crippen LogP contribution in [0.5, 0.6) is 0 Å². The molecule has 1 atom stereocenters. The molecule has 12 nitrogen and oxygen atoms in total. The number of unbranched alkanes of at least 4 members (excludes halogenated alkanes) is 18. The summed E-state index contributed by atoms with van der Waals surface area (Å²) in [5, 5.41) is 0. The second-order valence-electron chi connectivity index (χ2n) is 14.5. The zero-order chi connectivity index (χ0) is 39.9. The fourth-order valence-corrected chi connectivity index (χ4v) is 5.61. The number of rotatable bonds is 38. The van der Waals surface area contributed by atoms with E-state index in [0.29, 0.717) is 51.9 Å². The van der Waals surface area contributed by atoms with Crippen molar-refractivity contribution in [2.45, 2.75) is 187 Å². The van der Waals surface area contributed by atoms with E-state index in [1.165, 1.54) is 51.4 Å². The smallest absolute Gasteiger partial charge is 0.466 e. The van der Waals surface area contributed by atoms with Gasteiger partial charge < -0.3 is 33.3 Å². The lowest BCUT2D eigenvalue weighted by Gasteiger charge is -2.17. The number of hydrogen-bond donors (Lipinski definition) is 0. The third-order valence-corrected chi connectivity index (χ3v) is 8.90. The Morgan fingerprint density at radius 2 is 0.796 bits per heavy atom. The summed E-state index contributed by atoms with van der Waals surface area (Å²) in [6.07, 6.45) is 20.3. The molecular weight excluding hydrogens is 694 g/mol. The van der Waals surface area contributed by atoms with Gasteiger partial charge in [0.2, 0.25) is 6.10 Å². The Kier molecular flexibility index (Phi) is 36.3. The fraction of sp³-hybridized carbons (Fsp3) is 0.881. The van der Waals surface area contributed by atoms with Gasteiger partial charge in [-0.3, -0.25) is 14.4 Å². The van der Waals surface area contributed by atoms with Crippen molar-refractivity contribution in [3.05, 3.63) is 0 Å². The SMILES string of the molecule is CCCCCCCCC(=O)OCCCCCCCOC(=O)C[C@H](OC(=O)OCCCN(C)C)C(=O)OCCCCCCCOC(=O)CCCCCCCC. The van der Waals surface area contributed by atoms with Crippen molar-refractivity contribution in [2.24, 2.45) is 0 Å². The molecule has 0 unspecified atom stereocenters. The molecule has 0 aromatic heterocycles. The predicted octanol–water partition coefficient (Wildman–Crippen LogP) is 9.43. The molecule has 0 aliphatic heterocycles. The van der Waals surface area contributed by atoms with Gasteiger partial charge in [-0.15, -0.1) is 0 Å². The minimum Gasteiger partial charge on any atom is -0.466 e. The standard InChI is InChI=1S/C42H77NO11/c1-5-7-9-11-15-21-28-38(44)49-31-23-17-13-19-25-33-51-40(46)36-37(54-42(48)53-35-27-30-43(3)4)41(47)52-34-26-20-14-18-24-32-50-39(45)29-22-16-12-10-8-6-2/h37H,5-36H2,1-4H3/t37-/m0/s1. The summed E-state index contributed by atoms with van der Waals surface area (Å²) in [6, 6.07) is 0. The zero-order valence-electron chi connectivity index (χ0n) is 34.6. The molecule has 0 saturated carbocycles. The first-order valence-electron chi connectivity index (χ1n) is 21.3. The Balaban J connectivity index is 4.26. The van der Waals surface area contributed by atoms with E-state index in [4.69, 9.17) is 28.4 Å². The number of hydrogen-bond acceptors (Lipinski definition) is 12. The van der Waals surface area contributed by atoms with Crippen LogP contribution >= 0.6 is 0 Å². The molecule has 0 amide bonds. The minimum atomic E-state index is -1.46. The number of carbonyl (C=O) groups excluding carboxylic acids is 5. The molecule has 316 valence electrons. The summed E-state index contributed by atoms with van der Waals surface area (Å²) in [7, 11) is 3.81. The molecule has 0 aliphatic carbocycles. The molecule has 0 rings (SSSR count). The average molecular weight is 772 g/mol. The third-order valence-electron chi connectivity index (χ3n) is 8.90. The average Bonchev–Trinajstić information content (AvgIpc) is 3.14. The topological polar surface area (TPSA) is 144 Å². The summed E-state index contributed by atoms with van der Waals surface area (Å²) >= 11 is 0. The predicted molar refractivity (Wildman–Crippen MR) is 210 cm³/mol. The van der Waals surface area contributed by atoms with Crippen LogP contribution < -0.4 is 0 Å². The van der Waals surface area contributed by atoms with E-state index in [-0.39, 0.29) is 31.8 Å². The second kappa shape index (κ2) is 38.4. The quantitative estimate of drug-likeness (QED) is 0.0335. The molecule has 12 heteroatoms. The first-order chi connectivity index (χ1) is 26.2. The van der Waals surface area contributed by atoms with Gasteiger partial charge in [0.05, 0.1) is 39.5 Å². The van der Waals surface area contributed by atoms with E-state index in [1.807, 2.05) is 19.0 Å². The van der Waals surface area contributed by atoms with E-state index < -0.39 is 30.6 Å². The van der Waals surface area contributed by atoms with E-state index in [9.17, 15) is 24.0 Å². The van der Waals surface area contributed by atoms with E-state index in [0.717, 1.165) is 77.0 Å². The van der Waals surface area contributed by atoms with Crippen molar-refractivity contribution >= 4 is 30.0 Å². The molecule has 0 aromatic carbocycles. The number of carbonyl (C=O) groups is 5. The summed E-state index contributed by atoms with van der Waals surface area (Å²) in [6.45, 7) is 6.35. The van der Waals surface area contributed by atoms with Crippen molar-refractivity contribution in [1.29, 1.82) is 0 Å². The fourth-order valence-electron chi connectivity index (χ4n) is 5.61. The lowest BCUT2D eigenvalue weighted by Crippen LogP contribution is -2.33. The van der Waals surface area contributed by atoms with Crippen LogP contribution in [0.1, 0.15) is 181 Å². The molecule has 54 heavy (non-hydrogen) atoms. The number of esters is 4. The lowest BCUT2D eigenvalue weighted by atomic mass is 10.1. The van der Waals surface area contributed by atoms with Crippen molar-refractivity contribution in [3.8, 4) is 0 Å². The Morgan fingerprint density at radius 1 is 0.426 bits per heavy atom. The van der Waals surface area contributed by atoms with Gasteiger partial charge in [0.15, 0.2) is 0 Å². The zero-order valence-corrected chi connectivity index (χ0v) is 34.6. The highest BCUT2D eigenvalue weighted by molar-refractivity contribution is 5.83. The Labute approximate surface area is 327 Å². The van der Waals surface area contributed by atoms with Gasteiger partial charge in [-0.2, -0.15) is 0 Å². The van der Waals surface area contributed by atoms with Crippen LogP contribution in [0.4, 0.5) is 4.79 Å². The highest BCUT2D eigenvalue weighted by Crippen LogP contribution is 2.12. The van der Waals surface area contributed by atoms with Crippen LogP contribution in [0.15, 0.2) is 0 Å². The van der Waals surface area contributed by atoms with Crippen molar-refractivity contribution in [3.63, 3.8) is 0 Å². The molecule has 0 fully saturated rings. The van der Waals surface area contributed by atoms with Gasteiger partial charge in [-0.1, -0.05) is 117 Å². The van der Waals surface area contributed by atoms with Crippen LogP contribution in [0.25, 0.3) is 0 Å². The van der Waals surface area contributed by atoms with Crippen LogP contribution in [0, 0.1) is 0 Å². The maximum Gasteiger partial charge on any atom is 0.509 e. The van der Waals surface area contributed by atoms with Crippen molar-refractivity contribution in [1.82, 2.24) is 4.90 Å². The molecule has 0 bridgehead atoms. The number of ether oxygens (including phenoxy) is 6. The Morgan fingerprint density at radius 3 is 1.24 bits per heavy atom. The maximum atomic E-state index is 12.8. The molecular formula is C42H77NO11. The normalized spacial score (nSPS) is 11.6. The van der Waals surface area contributed by atoms with Gasteiger partial charge >= 0.3 is 30.0 Å². The largest absolute Gasteiger partial charge is 0.509 e. The van der Waals surface area contributed by atoms with Crippen LogP contribution in [0.2, 0.25) is 0 Å². The van der Waals surface area contributed by atoms with E-state index >= 15 is 0 Å². The molecule has 0 heterocycles. The second-order valence-corrected chi connectivity index (χ2v) is 14.5. The lowest BCUT2D eigenvalue weighted by molar-refractivity contribution is -0.161. The minimum absolute atomic E-state index is 0.114. The summed E-state index contributed by atoms with van der Waals surface area (Å²) in [5.74, 6) is -1.73. The summed E-state index contributed by atoms with van der Waals surface area (Å²) in [4.78, 5) is 63.3. The monoisotopic (exact) mass is 772 g/mol. The molecule has 0 spiro atoms. The van der Waals surface area contributed by atoms with E-state index in [1.54, 1.807) is 0 Å². The van der Waals surface area contributed by atoms with Gasteiger partial charge in [0, 0.05) is 19.4 Å². The highest BCUT2D eigenvalue weighted by atomic mass is 16.7. The summed E-state index contributed by atoms with van der Waals surface area (Å²) < 4.78 is 31.6. The molecule has 0 aliphatic rings. The van der Waals surface area contributed by atoms with Gasteiger partial charge in [-0.25, -0.2) is 9.59 Å². The molecule has 0 aromatic rings. The van der Waals surface area contributed by atoms with Gasteiger partial charge in [0.25, 0.3) is 0 Å². The van der Waals surface area contributed by atoms with Crippen molar-refractivity contribution in [2.75, 3.05) is 53.7 Å². The molecule has 0 radical (unpaired) electrons. The Hall–Kier alpha value is -2.89. The van der Waals surface area contributed by atoms with Crippen molar-refractivity contribution < 1.29 is 52.4 Å². The van der Waals surface area contributed by atoms with Gasteiger partial charge in [-0.05, 0) is 59.0 Å². The van der Waals surface area contributed by atoms with Crippen LogP contribution in [0.3, 0.4) is 0 Å². The Bertz CT molecular complexity index is 943. The van der Waals surface area contributed by atoms with Gasteiger partial charge in [0.1, 0.15) is 0 Å². The summed E-state index contributed by atoms with van der Waals surface area (Å²) in [5.41, 5.74) is 0. The van der Waals surface area contributed by atoms with Crippen LogP contribution in [-0.2, 0) is 47.6 Å².